The summed E-state index contributed by atoms with van der Waals surface area (Å²) in [6.07, 6.45) is 0. The normalized spacial score (nSPS) is 11.4. The number of aromatic nitrogens is 5. The third-order valence-corrected chi connectivity index (χ3v) is 5.49. The fraction of sp³-hybridized carbons (Fsp3) is 0.200. The number of rotatable bonds is 7. The number of ether oxygens (including phenoxy) is 2. The number of H-pyrrole nitrogens is 1. The van der Waals surface area contributed by atoms with Gasteiger partial charge in [0.15, 0.2) is 5.69 Å². The minimum Gasteiger partial charge on any atom is -0.464 e. The number of benzene rings is 2. The molecule has 0 unspecified atom stereocenters. The molecule has 0 saturated carbocycles. The number of methoxy groups -OCH3 is 1. The van der Waals surface area contributed by atoms with E-state index < -0.39 is 17.3 Å². The molecule has 0 bridgehead atoms. The van der Waals surface area contributed by atoms with E-state index in [1.54, 1.807) is 31.2 Å². The van der Waals surface area contributed by atoms with Crippen LogP contribution in [0.15, 0.2) is 69.2 Å². The molecule has 0 atom stereocenters. The van der Waals surface area contributed by atoms with Crippen molar-refractivity contribution in [1.29, 1.82) is 0 Å². The van der Waals surface area contributed by atoms with Crippen molar-refractivity contribution < 1.29 is 14.3 Å². The van der Waals surface area contributed by atoms with Gasteiger partial charge in [0.05, 0.1) is 19.3 Å². The molecule has 2 heterocycles. The van der Waals surface area contributed by atoms with Crippen LogP contribution in [0, 0.1) is 6.92 Å². The van der Waals surface area contributed by atoms with Crippen molar-refractivity contribution in [3.05, 3.63) is 103 Å². The van der Waals surface area contributed by atoms with Gasteiger partial charge in [0, 0.05) is 12.6 Å². The van der Waals surface area contributed by atoms with Gasteiger partial charge in [-0.1, -0.05) is 29.8 Å². The van der Waals surface area contributed by atoms with Crippen molar-refractivity contribution in [2.24, 2.45) is 4.99 Å². The van der Waals surface area contributed by atoms with Gasteiger partial charge < -0.3 is 9.47 Å². The molecule has 2 aromatic heterocycles. The summed E-state index contributed by atoms with van der Waals surface area (Å²) in [4.78, 5) is 52.2. The van der Waals surface area contributed by atoms with Crippen LogP contribution >= 0.6 is 11.6 Å². The zero-order chi connectivity index (χ0) is 26.5. The SMILES string of the molecule is CCn1c(=O)[nH]/c(=N\c2ccc(Oc3cc(C(=O)OC)nc(Cl)n3)cc2)n(Cc2ccc(C)cc2)c1=O. The van der Waals surface area contributed by atoms with Crippen LogP contribution in [0.4, 0.5) is 5.69 Å². The van der Waals surface area contributed by atoms with Crippen LogP contribution in [0.2, 0.25) is 5.28 Å². The highest BCUT2D eigenvalue weighted by atomic mass is 35.5. The van der Waals surface area contributed by atoms with Crippen LogP contribution < -0.4 is 21.7 Å². The molecule has 0 saturated heterocycles. The monoisotopic (exact) mass is 522 g/mol. The van der Waals surface area contributed by atoms with Gasteiger partial charge in [-0.2, -0.15) is 4.98 Å². The molecule has 0 aliphatic carbocycles. The molecule has 0 fully saturated rings. The number of aromatic amines is 1. The van der Waals surface area contributed by atoms with E-state index in [9.17, 15) is 14.4 Å². The summed E-state index contributed by atoms with van der Waals surface area (Å²) >= 11 is 5.88. The Balaban J connectivity index is 1.67. The highest BCUT2D eigenvalue weighted by molar-refractivity contribution is 6.28. The third kappa shape index (κ3) is 6.01. The van der Waals surface area contributed by atoms with Gasteiger partial charge in [-0.3, -0.25) is 9.55 Å². The van der Waals surface area contributed by atoms with Gasteiger partial charge in [0.2, 0.25) is 16.8 Å². The Morgan fingerprint density at radius 1 is 1.05 bits per heavy atom. The first kappa shape index (κ1) is 25.6. The van der Waals surface area contributed by atoms with Crippen molar-refractivity contribution in [2.75, 3.05) is 7.11 Å². The quantitative estimate of drug-likeness (QED) is 0.291. The molecular weight excluding hydrogens is 500 g/mol. The summed E-state index contributed by atoms with van der Waals surface area (Å²) in [5.41, 5.74) is 1.50. The van der Waals surface area contributed by atoms with E-state index in [2.05, 4.69) is 24.7 Å². The first-order valence-electron chi connectivity index (χ1n) is 11.2. The molecule has 190 valence electrons. The van der Waals surface area contributed by atoms with Gasteiger partial charge in [0.1, 0.15) is 5.75 Å². The standard InChI is InChI=1S/C25H23ClN6O5/c1-4-31-24(34)30-23(32(25(31)35)14-16-7-5-15(2)6-8-16)27-17-9-11-18(12-10-17)37-20-13-19(21(33)36-3)28-22(26)29-20/h5-13H,4,14H2,1-3H3,(H,27,30,34). The predicted octanol–water partition coefficient (Wildman–Crippen LogP) is 2.97. The van der Waals surface area contributed by atoms with Gasteiger partial charge in [-0.15, -0.1) is 0 Å². The number of hydrogen-bond donors (Lipinski definition) is 1. The van der Waals surface area contributed by atoms with E-state index in [0.29, 0.717) is 11.4 Å². The maximum atomic E-state index is 13.1. The number of carbonyl (C=O) groups is 1. The lowest BCUT2D eigenvalue weighted by atomic mass is 10.1. The van der Waals surface area contributed by atoms with Crippen molar-refractivity contribution in [2.45, 2.75) is 26.9 Å². The van der Waals surface area contributed by atoms with Crippen molar-refractivity contribution >= 4 is 23.3 Å². The predicted molar refractivity (Wildman–Crippen MR) is 135 cm³/mol. The fourth-order valence-electron chi connectivity index (χ4n) is 3.43. The topological polar surface area (TPSA) is 133 Å². The Bertz CT molecular complexity index is 1620. The first-order chi connectivity index (χ1) is 17.8. The maximum absolute atomic E-state index is 13.1. The van der Waals surface area contributed by atoms with Crippen LogP contribution in [-0.2, 0) is 17.8 Å². The first-order valence-corrected chi connectivity index (χ1v) is 11.6. The van der Waals surface area contributed by atoms with Crippen LogP contribution in [0.25, 0.3) is 0 Å². The van der Waals surface area contributed by atoms with Crippen LogP contribution in [-0.4, -0.2) is 37.2 Å². The van der Waals surface area contributed by atoms with Crippen LogP contribution in [0.5, 0.6) is 11.6 Å². The lowest BCUT2D eigenvalue weighted by molar-refractivity contribution is 0.0593. The summed E-state index contributed by atoms with van der Waals surface area (Å²) in [6.45, 7) is 4.15. The molecule has 0 aliphatic heterocycles. The number of aryl methyl sites for hydroxylation is 1. The number of carbonyl (C=O) groups excluding carboxylic acids is 1. The van der Waals surface area contributed by atoms with E-state index in [1.165, 1.54) is 17.7 Å². The molecule has 0 spiro atoms. The Morgan fingerprint density at radius 3 is 2.41 bits per heavy atom. The summed E-state index contributed by atoms with van der Waals surface area (Å²) in [6, 6.07) is 15.6. The molecule has 0 aliphatic rings. The summed E-state index contributed by atoms with van der Waals surface area (Å²) < 4.78 is 12.8. The Morgan fingerprint density at radius 2 is 1.76 bits per heavy atom. The largest absolute Gasteiger partial charge is 0.464 e. The third-order valence-electron chi connectivity index (χ3n) is 5.32. The van der Waals surface area contributed by atoms with Crippen molar-refractivity contribution in [3.63, 3.8) is 0 Å². The lowest BCUT2D eigenvalue weighted by Crippen LogP contribution is -2.49. The minimum absolute atomic E-state index is 0.0481. The highest BCUT2D eigenvalue weighted by Gasteiger charge is 2.13. The fourth-order valence-corrected chi connectivity index (χ4v) is 3.60. The average Bonchev–Trinajstić information content (AvgIpc) is 2.88. The smallest absolute Gasteiger partial charge is 0.356 e. The molecule has 1 N–H and O–H groups in total. The Labute approximate surface area is 215 Å². The molecule has 4 aromatic rings. The van der Waals surface area contributed by atoms with Gasteiger partial charge >= 0.3 is 17.3 Å². The molecule has 4 rings (SSSR count). The van der Waals surface area contributed by atoms with E-state index in [4.69, 9.17) is 16.3 Å². The second-order valence-corrected chi connectivity index (χ2v) is 8.25. The van der Waals surface area contributed by atoms with Crippen LogP contribution in [0.1, 0.15) is 28.5 Å². The molecule has 0 radical (unpaired) electrons. The average molecular weight is 523 g/mol. The molecule has 37 heavy (non-hydrogen) atoms. The van der Waals surface area contributed by atoms with E-state index in [0.717, 1.165) is 15.7 Å². The molecule has 12 heteroatoms. The van der Waals surface area contributed by atoms with Gasteiger partial charge in [-0.25, -0.2) is 28.9 Å². The lowest BCUT2D eigenvalue weighted by Gasteiger charge is -2.10. The maximum Gasteiger partial charge on any atom is 0.356 e. The Hall–Kier alpha value is -4.51. The zero-order valence-electron chi connectivity index (χ0n) is 20.3. The molecule has 11 nitrogen and oxygen atoms in total. The Kier molecular flexibility index (Phi) is 7.63. The van der Waals surface area contributed by atoms with Crippen LogP contribution in [0.3, 0.4) is 0 Å². The second-order valence-electron chi connectivity index (χ2n) is 7.91. The number of nitrogens with one attached hydrogen (secondary N) is 1. The van der Waals surface area contributed by atoms with E-state index in [-0.39, 0.29) is 35.6 Å². The summed E-state index contributed by atoms with van der Waals surface area (Å²) in [5, 5.41) is -0.173. The zero-order valence-corrected chi connectivity index (χ0v) is 21.0. The second kappa shape index (κ2) is 11.0. The van der Waals surface area contributed by atoms with Gasteiger partial charge in [-0.05, 0) is 55.3 Å². The molecular formula is C25H23ClN6O5. The highest BCUT2D eigenvalue weighted by Crippen LogP contribution is 2.24. The summed E-state index contributed by atoms with van der Waals surface area (Å²) in [7, 11) is 1.23. The van der Waals surface area contributed by atoms with Crippen molar-refractivity contribution in [3.8, 4) is 11.6 Å². The number of hydrogen-bond acceptors (Lipinski definition) is 8. The van der Waals surface area contributed by atoms with Gasteiger partial charge in [0.25, 0.3) is 0 Å². The van der Waals surface area contributed by atoms with Crippen molar-refractivity contribution in [1.82, 2.24) is 24.1 Å². The molecule has 2 aromatic carbocycles. The molecule has 0 amide bonds. The van der Waals surface area contributed by atoms with E-state index in [1.807, 2.05) is 31.2 Å². The summed E-state index contributed by atoms with van der Waals surface area (Å²) in [5.74, 6) is -0.248. The van der Waals surface area contributed by atoms with E-state index >= 15 is 0 Å². The number of esters is 1. The minimum atomic E-state index is -0.679. The number of halogens is 1. The number of nitrogens with zero attached hydrogens (tertiary/aromatic N) is 5.